The van der Waals surface area contributed by atoms with Gasteiger partial charge in [-0.15, -0.1) is 0 Å². The first-order chi connectivity index (χ1) is 10.1. The number of aromatic nitrogens is 2. The Kier molecular flexibility index (Phi) is 7.84. The second-order valence-corrected chi connectivity index (χ2v) is 4.21. The molecule has 0 fully saturated rings. The Morgan fingerprint density at radius 3 is 2.86 bits per heavy atom. The highest BCUT2D eigenvalue weighted by atomic mass is 32.1. The first-order valence-electron chi connectivity index (χ1n) is 6.15. The molecule has 114 valence electrons. The first-order valence-corrected chi connectivity index (χ1v) is 6.56. The van der Waals surface area contributed by atoms with Gasteiger partial charge in [0.15, 0.2) is 5.11 Å². The lowest BCUT2D eigenvalue weighted by Gasteiger charge is -2.08. The van der Waals surface area contributed by atoms with E-state index in [1.54, 1.807) is 25.5 Å². The van der Waals surface area contributed by atoms with Crippen LogP contribution in [0.1, 0.15) is 19.5 Å². The Labute approximate surface area is 128 Å². The molecule has 0 aliphatic carbocycles. The minimum atomic E-state index is -0.336. The minimum Gasteiger partial charge on any atom is -0.463 e. The average Bonchev–Trinajstić information content (AvgIpc) is 2.49. The third-order valence-electron chi connectivity index (χ3n) is 2.13. The molecule has 2 N–H and O–H groups in total. The van der Waals surface area contributed by atoms with Crippen LogP contribution in [0.25, 0.3) is 0 Å². The van der Waals surface area contributed by atoms with Crippen molar-refractivity contribution in [3.63, 3.8) is 0 Å². The van der Waals surface area contributed by atoms with Crippen LogP contribution in [0.3, 0.4) is 0 Å². The van der Waals surface area contributed by atoms with Gasteiger partial charge in [-0.2, -0.15) is 5.10 Å². The average molecular weight is 311 g/mol. The molecule has 0 aromatic carbocycles. The van der Waals surface area contributed by atoms with Crippen LogP contribution in [0.5, 0.6) is 0 Å². The third kappa shape index (κ3) is 7.90. The quantitative estimate of drug-likeness (QED) is 0.184. The molecular weight excluding hydrogens is 294 g/mol. The number of hydrogen-bond acceptors (Lipinski definition) is 7. The molecule has 0 unspecified atom stereocenters. The van der Waals surface area contributed by atoms with Gasteiger partial charge in [0.25, 0.3) is 0 Å². The zero-order valence-corrected chi connectivity index (χ0v) is 12.6. The SMILES string of the molecule is CC(=O)OCCOCNC(=S)N/N=C(\C)c1cnccn1. The van der Waals surface area contributed by atoms with Crippen LogP contribution < -0.4 is 10.7 Å². The molecule has 1 heterocycles. The predicted molar refractivity (Wildman–Crippen MR) is 80.6 cm³/mol. The molecule has 0 radical (unpaired) electrons. The van der Waals surface area contributed by atoms with E-state index in [4.69, 9.17) is 21.7 Å². The second kappa shape index (κ2) is 9.72. The van der Waals surface area contributed by atoms with Gasteiger partial charge in [-0.1, -0.05) is 0 Å². The Bertz CT molecular complexity index is 495. The number of nitrogens with one attached hydrogen (secondary N) is 2. The highest BCUT2D eigenvalue weighted by Gasteiger charge is 1.99. The monoisotopic (exact) mass is 311 g/mol. The molecule has 0 atom stereocenters. The molecule has 21 heavy (non-hydrogen) atoms. The van der Waals surface area contributed by atoms with E-state index < -0.39 is 0 Å². The van der Waals surface area contributed by atoms with Crippen molar-refractivity contribution in [2.45, 2.75) is 13.8 Å². The number of rotatable bonds is 7. The summed E-state index contributed by atoms with van der Waals surface area (Å²) in [5, 5.41) is 7.17. The van der Waals surface area contributed by atoms with Gasteiger partial charge in [-0.05, 0) is 19.1 Å². The number of thiocarbonyl (C=S) groups is 1. The van der Waals surface area contributed by atoms with E-state index in [2.05, 4.69) is 25.8 Å². The topological polar surface area (TPSA) is 97.7 Å². The van der Waals surface area contributed by atoms with E-state index in [1.807, 2.05) is 0 Å². The normalized spacial score (nSPS) is 10.9. The number of hydrogen-bond donors (Lipinski definition) is 2. The maximum absolute atomic E-state index is 10.5. The zero-order valence-electron chi connectivity index (χ0n) is 11.8. The molecule has 0 spiro atoms. The second-order valence-electron chi connectivity index (χ2n) is 3.80. The summed E-state index contributed by atoms with van der Waals surface area (Å²) in [5.74, 6) is -0.336. The van der Waals surface area contributed by atoms with Crippen molar-refractivity contribution >= 4 is 29.0 Å². The van der Waals surface area contributed by atoms with Gasteiger partial charge in [-0.25, -0.2) is 0 Å². The van der Waals surface area contributed by atoms with Crippen molar-refractivity contribution in [2.75, 3.05) is 19.9 Å². The van der Waals surface area contributed by atoms with Gasteiger partial charge < -0.3 is 14.8 Å². The van der Waals surface area contributed by atoms with Crippen molar-refractivity contribution in [3.8, 4) is 0 Å². The van der Waals surface area contributed by atoms with Crippen LogP contribution in [-0.4, -0.2) is 46.7 Å². The Morgan fingerprint density at radius 1 is 1.38 bits per heavy atom. The molecule has 1 aromatic heterocycles. The molecule has 0 bridgehead atoms. The van der Waals surface area contributed by atoms with E-state index in [1.165, 1.54) is 6.92 Å². The number of carbonyl (C=O) groups excluding carboxylic acids is 1. The fraction of sp³-hybridized carbons (Fsp3) is 0.417. The summed E-state index contributed by atoms with van der Waals surface area (Å²) < 4.78 is 9.86. The fourth-order valence-electron chi connectivity index (χ4n) is 1.15. The predicted octanol–water partition coefficient (Wildman–Crippen LogP) is 0.202. The Morgan fingerprint density at radius 2 is 2.19 bits per heavy atom. The summed E-state index contributed by atoms with van der Waals surface area (Å²) in [5.41, 5.74) is 3.98. The van der Waals surface area contributed by atoms with Gasteiger partial charge in [0.2, 0.25) is 0 Å². The van der Waals surface area contributed by atoms with Gasteiger partial charge in [0, 0.05) is 19.3 Å². The van der Waals surface area contributed by atoms with Crippen LogP contribution in [0.15, 0.2) is 23.7 Å². The molecular formula is C12H17N5O3S. The molecule has 8 nitrogen and oxygen atoms in total. The van der Waals surface area contributed by atoms with Crippen molar-refractivity contribution < 1.29 is 14.3 Å². The lowest BCUT2D eigenvalue weighted by Crippen LogP contribution is -2.34. The summed E-state index contributed by atoms with van der Waals surface area (Å²) in [6, 6.07) is 0. The Hall–Kier alpha value is -2.13. The number of esters is 1. The Balaban J connectivity index is 2.18. The number of ether oxygens (including phenoxy) is 2. The highest BCUT2D eigenvalue weighted by molar-refractivity contribution is 7.80. The van der Waals surface area contributed by atoms with Crippen LogP contribution in [-0.2, 0) is 14.3 Å². The highest BCUT2D eigenvalue weighted by Crippen LogP contribution is 1.92. The molecule has 9 heteroatoms. The summed E-state index contributed by atoms with van der Waals surface area (Å²) in [6.45, 7) is 3.81. The van der Waals surface area contributed by atoms with E-state index in [0.29, 0.717) is 16.5 Å². The lowest BCUT2D eigenvalue weighted by molar-refractivity contribution is -0.142. The number of hydrazone groups is 1. The first kappa shape index (κ1) is 16.9. The third-order valence-corrected chi connectivity index (χ3v) is 2.36. The molecule has 0 saturated heterocycles. The van der Waals surface area contributed by atoms with Crippen LogP contribution in [0.2, 0.25) is 0 Å². The van der Waals surface area contributed by atoms with Crippen molar-refractivity contribution in [2.24, 2.45) is 5.10 Å². The van der Waals surface area contributed by atoms with E-state index >= 15 is 0 Å². The van der Waals surface area contributed by atoms with Gasteiger partial charge >= 0.3 is 5.97 Å². The molecule has 1 rings (SSSR count). The van der Waals surface area contributed by atoms with E-state index in [0.717, 1.165) is 0 Å². The van der Waals surface area contributed by atoms with Crippen LogP contribution in [0, 0.1) is 0 Å². The van der Waals surface area contributed by atoms with Crippen molar-refractivity contribution in [1.82, 2.24) is 20.7 Å². The largest absolute Gasteiger partial charge is 0.463 e. The molecule has 0 saturated carbocycles. The smallest absolute Gasteiger partial charge is 0.302 e. The van der Waals surface area contributed by atoms with E-state index in [-0.39, 0.29) is 25.9 Å². The van der Waals surface area contributed by atoms with Crippen LogP contribution in [0.4, 0.5) is 0 Å². The van der Waals surface area contributed by atoms with Gasteiger partial charge in [0.1, 0.15) is 19.0 Å². The summed E-state index contributed by atoms with van der Waals surface area (Å²) in [4.78, 5) is 18.6. The molecule has 0 amide bonds. The summed E-state index contributed by atoms with van der Waals surface area (Å²) >= 11 is 5.01. The maximum atomic E-state index is 10.5. The molecule has 0 aliphatic rings. The summed E-state index contributed by atoms with van der Waals surface area (Å²) in [7, 11) is 0. The molecule has 0 aliphatic heterocycles. The fourth-order valence-corrected chi connectivity index (χ4v) is 1.25. The van der Waals surface area contributed by atoms with E-state index in [9.17, 15) is 4.79 Å². The van der Waals surface area contributed by atoms with Crippen LogP contribution >= 0.6 is 12.2 Å². The van der Waals surface area contributed by atoms with Gasteiger partial charge in [0.05, 0.1) is 18.5 Å². The zero-order chi connectivity index (χ0) is 15.5. The minimum absolute atomic E-state index is 0.187. The molecule has 1 aromatic rings. The number of nitrogens with zero attached hydrogens (tertiary/aromatic N) is 3. The maximum Gasteiger partial charge on any atom is 0.302 e. The lowest BCUT2D eigenvalue weighted by atomic mass is 10.3. The standard InChI is InChI=1S/C12H17N5O3S/c1-9(11-7-13-3-4-14-11)16-17-12(21)15-8-19-5-6-20-10(2)18/h3-4,7H,5-6,8H2,1-2H3,(H2,15,17,21)/b16-9+. The van der Waals surface area contributed by atoms with Gasteiger partial charge in [-0.3, -0.25) is 20.2 Å². The summed E-state index contributed by atoms with van der Waals surface area (Å²) in [6.07, 6.45) is 4.78. The number of carbonyl (C=O) groups is 1. The van der Waals surface area contributed by atoms with Crippen molar-refractivity contribution in [3.05, 3.63) is 24.3 Å². The van der Waals surface area contributed by atoms with Crippen molar-refractivity contribution in [1.29, 1.82) is 0 Å².